The average molecular weight is 386 g/mol. The smallest absolute Gasteiger partial charge is 0.163 e. The second kappa shape index (κ2) is 10.0. The summed E-state index contributed by atoms with van der Waals surface area (Å²) in [5, 5.41) is 9.76. The van der Waals surface area contributed by atoms with E-state index in [0.29, 0.717) is 13.2 Å². The first kappa shape index (κ1) is 20.8. The zero-order chi connectivity index (χ0) is 19.9. The topological polar surface area (TPSA) is 57.2 Å². The van der Waals surface area contributed by atoms with Crippen molar-refractivity contribution >= 4 is 0 Å². The van der Waals surface area contributed by atoms with E-state index in [1.165, 1.54) is 0 Å². The van der Waals surface area contributed by atoms with E-state index in [2.05, 4.69) is 13.8 Å². The molecule has 0 unspecified atom stereocenters. The molecule has 1 fully saturated rings. The molecule has 0 spiro atoms. The minimum atomic E-state index is -0.422. The van der Waals surface area contributed by atoms with Crippen LogP contribution in [-0.2, 0) is 27.4 Å². The summed E-state index contributed by atoms with van der Waals surface area (Å²) < 4.78 is 23.5. The molecule has 5 heteroatoms. The van der Waals surface area contributed by atoms with Gasteiger partial charge in [0.2, 0.25) is 0 Å². The summed E-state index contributed by atoms with van der Waals surface area (Å²) in [6.45, 7) is 5.05. The molecule has 1 aliphatic rings. The molecule has 0 aliphatic carbocycles. The van der Waals surface area contributed by atoms with Gasteiger partial charge in [0.05, 0.1) is 39.1 Å². The van der Waals surface area contributed by atoms with Crippen LogP contribution in [0.15, 0.2) is 54.6 Å². The van der Waals surface area contributed by atoms with Gasteiger partial charge in [0.25, 0.3) is 0 Å². The second-order valence-corrected chi connectivity index (χ2v) is 7.36. The molecule has 1 N–H and O–H groups in total. The fourth-order valence-electron chi connectivity index (χ4n) is 3.64. The lowest BCUT2D eigenvalue weighted by molar-refractivity contribution is -0.279. The van der Waals surface area contributed by atoms with E-state index in [4.69, 9.17) is 18.9 Å². The summed E-state index contributed by atoms with van der Waals surface area (Å²) in [5.41, 5.74) is 2.17. The van der Waals surface area contributed by atoms with Crippen molar-refractivity contribution in [1.82, 2.24) is 0 Å². The Morgan fingerprint density at radius 1 is 0.857 bits per heavy atom. The highest BCUT2D eigenvalue weighted by Crippen LogP contribution is 2.34. The van der Waals surface area contributed by atoms with Crippen LogP contribution in [0.25, 0.3) is 0 Å². The zero-order valence-corrected chi connectivity index (χ0v) is 16.8. The molecule has 1 heterocycles. The standard InChI is InChI=1S/C23H30O5/c1-16-21(13-24)28-23(27-15-18-7-5-4-6-8-18)17(2)22(16)26-14-19-9-11-20(25-3)12-10-19/h4-12,16-17,21-24H,13-15H2,1-3H3/t16-,17+,21+,22-,23-/m1/s1. The van der Waals surface area contributed by atoms with Crippen LogP contribution in [0, 0.1) is 11.8 Å². The van der Waals surface area contributed by atoms with Crippen LogP contribution in [0.3, 0.4) is 0 Å². The Kier molecular flexibility index (Phi) is 7.45. The van der Waals surface area contributed by atoms with Crippen molar-refractivity contribution in [2.24, 2.45) is 11.8 Å². The van der Waals surface area contributed by atoms with Gasteiger partial charge in [-0.05, 0) is 23.3 Å². The number of hydrogen-bond acceptors (Lipinski definition) is 5. The first-order chi connectivity index (χ1) is 13.6. The van der Waals surface area contributed by atoms with Crippen LogP contribution in [0.5, 0.6) is 5.75 Å². The highest BCUT2D eigenvalue weighted by atomic mass is 16.7. The fourth-order valence-corrected chi connectivity index (χ4v) is 3.64. The van der Waals surface area contributed by atoms with Gasteiger partial charge < -0.3 is 24.1 Å². The molecule has 152 valence electrons. The van der Waals surface area contributed by atoms with Crippen LogP contribution >= 0.6 is 0 Å². The maximum atomic E-state index is 9.76. The van der Waals surface area contributed by atoms with Crippen molar-refractivity contribution in [3.05, 3.63) is 65.7 Å². The summed E-state index contributed by atoms with van der Waals surface area (Å²) in [4.78, 5) is 0. The van der Waals surface area contributed by atoms with Gasteiger partial charge in [0, 0.05) is 11.8 Å². The van der Waals surface area contributed by atoms with Crippen LogP contribution < -0.4 is 4.74 Å². The van der Waals surface area contributed by atoms with Gasteiger partial charge in [-0.25, -0.2) is 0 Å². The van der Waals surface area contributed by atoms with Crippen LogP contribution in [0.4, 0.5) is 0 Å². The van der Waals surface area contributed by atoms with Crippen molar-refractivity contribution in [3.63, 3.8) is 0 Å². The molecule has 0 aromatic heterocycles. The summed E-state index contributed by atoms with van der Waals surface area (Å²) >= 11 is 0. The molecule has 28 heavy (non-hydrogen) atoms. The monoisotopic (exact) mass is 386 g/mol. The number of ether oxygens (including phenoxy) is 4. The number of hydrogen-bond donors (Lipinski definition) is 1. The number of aliphatic hydroxyl groups excluding tert-OH is 1. The molecular formula is C23H30O5. The molecule has 0 bridgehead atoms. The Hall–Kier alpha value is -1.92. The Bertz CT molecular complexity index is 703. The maximum Gasteiger partial charge on any atom is 0.163 e. The van der Waals surface area contributed by atoms with Crippen molar-refractivity contribution in [2.75, 3.05) is 13.7 Å². The molecule has 3 rings (SSSR count). The van der Waals surface area contributed by atoms with E-state index in [9.17, 15) is 5.11 Å². The predicted octanol–water partition coefficient (Wildman–Crippen LogP) is 3.79. The lowest BCUT2D eigenvalue weighted by Gasteiger charge is -2.43. The third kappa shape index (κ3) is 5.11. The van der Waals surface area contributed by atoms with Gasteiger partial charge in [-0.2, -0.15) is 0 Å². The lowest BCUT2D eigenvalue weighted by Crippen LogP contribution is -2.52. The van der Waals surface area contributed by atoms with Gasteiger partial charge in [-0.3, -0.25) is 0 Å². The average Bonchev–Trinajstić information content (AvgIpc) is 2.74. The Morgan fingerprint density at radius 3 is 2.14 bits per heavy atom. The van der Waals surface area contributed by atoms with E-state index in [1.54, 1.807) is 7.11 Å². The molecule has 0 saturated carbocycles. The van der Waals surface area contributed by atoms with Crippen LogP contribution in [0.2, 0.25) is 0 Å². The van der Waals surface area contributed by atoms with Crippen LogP contribution in [-0.4, -0.2) is 37.3 Å². The maximum absolute atomic E-state index is 9.76. The Morgan fingerprint density at radius 2 is 1.50 bits per heavy atom. The van der Waals surface area contributed by atoms with E-state index in [0.717, 1.165) is 16.9 Å². The third-order valence-corrected chi connectivity index (χ3v) is 5.40. The summed E-state index contributed by atoms with van der Waals surface area (Å²) in [6, 6.07) is 17.9. The molecule has 5 atom stereocenters. The van der Waals surface area contributed by atoms with Crippen molar-refractivity contribution in [1.29, 1.82) is 0 Å². The lowest BCUT2D eigenvalue weighted by atomic mass is 9.85. The van der Waals surface area contributed by atoms with E-state index in [1.807, 2.05) is 54.6 Å². The molecule has 2 aromatic carbocycles. The highest BCUT2D eigenvalue weighted by Gasteiger charge is 2.42. The van der Waals surface area contributed by atoms with Gasteiger partial charge in [0.1, 0.15) is 5.75 Å². The molecule has 0 amide bonds. The highest BCUT2D eigenvalue weighted by molar-refractivity contribution is 5.26. The van der Waals surface area contributed by atoms with Gasteiger partial charge >= 0.3 is 0 Å². The van der Waals surface area contributed by atoms with Crippen molar-refractivity contribution in [2.45, 2.75) is 45.6 Å². The number of rotatable bonds is 8. The molecule has 2 aromatic rings. The Labute approximate surface area is 167 Å². The normalized spacial score (nSPS) is 27.5. The predicted molar refractivity (Wildman–Crippen MR) is 107 cm³/mol. The largest absolute Gasteiger partial charge is 0.497 e. The van der Waals surface area contributed by atoms with Crippen molar-refractivity contribution < 1.29 is 24.1 Å². The molecular weight excluding hydrogens is 356 g/mol. The third-order valence-electron chi connectivity index (χ3n) is 5.40. The van der Waals surface area contributed by atoms with Gasteiger partial charge in [0.15, 0.2) is 6.29 Å². The SMILES string of the molecule is COc1ccc(CO[C@H]2[C@H](C)[C@H](OCc3ccccc3)O[C@@H](CO)[C@H]2C)cc1. The zero-order valence-electron chi connectivity index (χ0n) is 16.8. The van der Waals surface area contributed by atoms with Crippen LogP contribution in [0.1, 0.15) is 25.0 Å². The fraction of sp³-hybridized carbons (Fsp3) is 0.478. The summed E-state index contributed by atoms with van der Waals surface area (Å²) in [5.74, 6) is 0.931. The number of aliphatic hydroxyl groups is 1. The minimum absolute atomic E-state index is 0.0414. The second-order valence-electron chi connectivity index (χ2n) is 7.36. The van der Waals surface area contributed by atoms with Gasteiger partial charge in [-0.1, -0.05) is 56.3 Å². The molecule has 1 saturated heterocycles. The first-order valence-corrected chi connectivity index (χ1v) is 9.78. The minimum Gasteiger partial charge on any atom is -0.497 e. The first-order valence-electron chi connectivity index (χ1n) is 9.78. The summed E-state index contributed by atoms with van der Waals surface area (Å²) in [6.07, 6.45) is -0.805. The molecule has 0 radical (unpaired) electrons. The number of benzene rings is 2. The number of methoxy groups -OCH3 is 1. The quantitative estimate of drug-likeness (QED) is 0.748. The van der Waals surface area contributed by atoms with Crippen molar-refractivity contribution in [3.8, 4) is 5.75 Å². The molecule has 5 nitrogen and oxygen atoms in total. The Balaban J connectivity index is 1.63. The van der Waals surface area contributed by atoms with Gasteiger partial charge in [-0.15, -0.1) is 0 Å². The van der Waals surface area contributed by atoms with E-state index >= 15 is 0 Å². The van der Waals surface area contributed by atoms with E-state index in [-0.39, 0.29) is 30.7 Å². The summed E-state index contributed by atoms with van der Waals surface area (Å²) in [7, 11) is 1.65. The molecule has 1 aliphatic heterocycles. The van der Waals surface area contributed by atoms with E-state index < -0.39 is 6.29 Å².